The van der Waals surface area contributed by atoms with Crippen LogP contribution in [0, 0.1) is 0 Å². The Morgan fingerprint density at radius 2 is 2.36 bits per heavy atom. The lowest BCUT2D eigenvalue weighted by molar-refractivity contribution is -0.137. The van der Waals surface area contributed by atoms with E-state index in [4.69, 9.17) is 9.52 Å². The fraction of sp³-hybridized carbons (Fsp3) is 0.667. The van der Waals surface area contributed by atoms with E-state index in [2.05, 4.69) is 10.2 Å². The van der Waals surface area contributed by atoms with Crippen LogP contribution in [-0.4, -0.2) is 21.3 Å². The van der Waals surface area contributed by atoms with E-state index in [0.29, 0.717) is 17.7 Å². The number of aliphatic carboxylic acids is 1. The van der Waals surface area contributed by atoms with Gasteiger partial charge in [-0.1, -0.05) is 6.92 Å². The van der Waals surface area contributed by atoms with Crippen molar-refractivity contribution in [2.75, 3.05) is 0 Å². The predicted molar refractivity (Wildman–Crippen MR) is 46.9 cm³/mol. The van der Waals surface area contributed by atoms with Crippen molar-refractivity contribution >= 4 is 5.97 Å². The van der Waals surface area contributed by atoms with E-state index in [0.717, 1.165) is 12.8 Å². The molecule has 1 aromatic heterocycles. The molecule has 1 unspecified atom stereocenters. The highest BCUT2D eigenvalue weighted by Crippen LogP contribution is 2.39. The molecule has 1 aromatic rings. The highest BCUT2D eigenvalue weighted by Gasteiger charge is 2.30. The van der Waals surface area contributed by atoms with Gasteiger partial charge < -0.3 is 9.52 Å². The molecule has 0 amide bonds. The van der Waals surface area contributed by atoms with Gasteiger partial charge >= 0.3 is 5.97 Å². The SMILES string of the molecule is CC(CC(=O)O)c1nnc(C2CC2)o1. The number of carbonyl (C=O) groups is 1. The van der Waals surface area contributed by atoms with Gasteiger partial charge in [-0.25, -0.2) is 0 Å². The molecule has 0 spiro atoms. The van der Waals surface area contributed by atoms with Gasteiger partial charge in [-0.15, -0.1) is 10.2 Å². The molecule has 1 fully saturated rings. The largest absolute Gasteiger partial charge is 0.481 e. The van der Waals surface area contributed by atoms with E-state index in [1.165, 1.54) is 0 Å². The van der Waals surface area contributed by atoms with Gasteiger partial charge in [-0.2, -0.15) is 0 Å². The molecule has 0 aliphatic heterocycles. The summed E-state index contributed by atoms with van der Waals surface area (Å²) in [6.07, 6.45) is 2.25. The zero-order valence-electron chi connectivity index (χ0n) is 7.93. The van der Waals surface area contributed by atoms with Gasteiger partial charge in [0.1, 0.15) is 0 Å². The first-order valence-electron chi connectivity index (χ1n) is 4.72. The second-order valence-electron chi connectivity index (χ2n) is 3.75. The molecule has 5 heteroatoms. The Balaban J connectivity index is 2.03. The Bertz CT molecular complexity index is 344. The van der Waals surface area contributed by atoms with Crippen LogP contribution < -0.4 is 0 Å². The third-order valence-electron chi connectivity index (χ3n) is 2.29. The summed E-state index contributed by atoms with van der Waals surface area (Å²) < 4.78 is 5.38. The van der Waals surface area contributed by atoms with Crippen LogP contribution in [-0.2, 0) is 4.79 Å². The van der Waals surface area contributed by atoms with Crippen molar-refractivity contribution in [2.24, 2.45) is 0 Å². The van der Waals surface area contributed by atoms with E-state index >= 15 is 0 Å². The average Bonchev–Trinajstić information content (AvgIpc) is 2.82. The zero-order valence-corrected chi connectivity index (χ0v) is 7.93. The van der Waals surface area contributed by atoms with Gasteiger partial charge in [0.2, 0.25) is 11.8 Å². The van der Waals surface area contributed by atoms with Crippen LogP contribution in [0.5, 0.6) is 0 Å². The third-order valence-corrected chi connectivity index (χ3v) is 2.29. The fourth-order valence-corrected chi connectivity index (χ4v) is 1.29. The Morgan fingerprint density at radius 1 is 1.64 bits per heavy atom. The molecule has 0 bridgehead atoms. The number of carboxylic acids is 1. The number of nitrogens with zero attached hydrogens (tertiary/aromatic N) is 2. The number of carboxylic acid groups (broad SMARTS) is 1. The summed E-state index contributed by atoms with van der Waals surface area (Å²) in [7, 11) is 0. The van der Waals surface area contributed by atoms with Crippen molar-refractivity contribution in [3.8, 4) is 0 Å². The van der Waals surface area contributed by atoms with Crippen LogP contribution in [0.15, 0.2) is 4.42 Å². The van der Waals surface area contributed by atoms with E-state index < -0.39 is 5.97 Å². The van der Waals surface area contributed by atoms with Crippen LogP contribution >= 0.6 is 0 Å². The van der Waals surface area contributed by atoms with Crippen LogP contribution in [0.1, 0.15) is 49.8 Å². The fourth-order valence-electron chi connectivity index (χ4n) is 1.29. The van der Waals surface area contributed by atoms with Crippen molar-refractivity contribution in [3.63, 3.8) is 0 Å². The molecule has 1 N–H and O–H groups in total. The second-order valence-corrected chi connectivity index (χ2v) is 3.75. The molecule has 0 radical (unpaired) electrons. The summed E-state index contributed by atoms with van der Waals surface area (Å²) in [6, 6.07) is 0. The minimum atomic E-state index is -0.844. The molecular weight excluding hydrogens is 184 g/mol. The van der Waals surface area contributed by atoms with Gasteiger partial charge in [0.05, 0.1) is 6.42 Å². The topological polar surface area (TPSA) is 76.2 Å². The Labute approximate surface area is 81.1 Å². The minimum absolute atomic E-state index is 0.0340. The first-order chi connectivity index (χ1) is 6.66. The normalized spacial score (nSPS) is 18.1. The average molecular weight is 196 g/mol. The standard InChI is InChI=1S/C9H12N2O3/c1-5(4-7(12)13)8-10-11-9(14-8)6-2-3-6/h5-6H,2-4H2,1H3,(H,12,13). The molecule has 1 aliphatic rings. The van der Waals surface area contributed by atoms with E-state index in [-0.39, 0.29) is 12.3 Å². The van der Waals surface area contributed by atoms with Crippen LogP contribution in [0.25, 0.3) is 0 Å². The summed E-state index contributed by atoms with van der Waals surface area (Å²) in [6.45, 7) is 1.78. The van der Waals surface area contributed by atoms with E-state index in [9.17, 15) is 4.79 Å². The highest BCUT2D eigenvalue weighted by molar-refractivity contribution is 5.67. The monoisotopic (exact) mass is 196 g/mol. The summed E-state index contributed by atoms with van der Waals surface area (Å²) in [5.74, 6) is 0.482. The summed E-state index contributed by atoms with van der Waals surface area (Å²) in [4.78, 5) is 10.4. The molecule has 14 heavy (non-hydrogen) atoms. The van der Waals surface area contributed by atoms with Crippen molar-refractivity contribution < 1.29 is 14.3 Å². The summed E-state index contributed by atoms with van der Waals surface area (Å²) in [5.41, 5.74) is 0. The van der Waals surface area contributed by atoms with Crippen molar-refractivity contribution in [2.45, 2.75) is 38.0 Å². The molecule has 1 atom stereocenters. The maximum Gasteiger partial charge on any atom is 0.304 e. The van der Waals surface area contributed by atoms with Crippen molar-refractivity contribution in [3.05, 3.63) is 11.8 Å². The van der Waals surface area contributed by atoms with Gasteiger partial charge in [0.15, 0.2) is 0 Å². The van der Waals surface area contributed by atoms with E-state index in [1.807, 2.05) is 0 Å². The van der Waals surface area contributed by atoms with Crippen molar-refractivity contribution in [1.82, 2.24) is 10.2 Å². The number of hydrogen-bond donors (Lipinski definition) is 1. The molecule has 0 aromatic carbocycles. The highest BCUT2D eigenvalue weighted by atomic mass is 16.4. The lowest BCUT2D eigenvalue weighted by Gasteiger charge is -2.00. The summed E-state index contributed by atoms with van der Waals surface area (Å²) >= 11 is 0. The van der Waals surface area contributed by atoms with Crippen LogP contribution in [0.3, 0.4) is 0 Å². The first-order valence-corrected chi connectivity index (χ1v) is 4.72. The van der Waals surface area contributed by atoms with Crippen LogP contribution in [0.4, 0.5) is 0 Å². The smallest absolute Gasteiger partial charge is 0.304 e. The lowest BCUT2D eigenvalue weighted by atomic mass is 10.1. The van der Waals surface area contributed by atoms with Gasteiger partial charge in [-0.3, -0.25) is 4.79 Å². The Morgan fingerprint density at radius 3 is 2.93 bits per heavy atom. The molecule has 0 saturated heterocycles. The lowest BCUT2D eigenvalue weighted by Crippen LogP contribution is -2.02. The maximum atomic E-state index is 10.4. The number of rotatable bonds is 4. The van der Waals surface area contributed by atoms with Gasteiger partial charge in [0, 0.05) is 11.8 Å². The molecular formula is C9H12N2O3. The molecule has 5 nitrogen and oxygen atoms in total. The predicted octanol–water partition coefficient (Wildman–Crippen LogP) is 1.53. The molecule has 1 aliphatic carbocycles. The summed E-state index contributed by atoms with van der Waals surface area (Å²) in [5, 5.41) is 16.3. The number of aromatic nitrogens is 2. The van der Waals surface area contributed by atoms with Gasteiger partial charge in [-0.05, 0) is 12.8 Å². The van der Waals surface area contributed by atoms with E-state index in [1.54, 1.807) is 6.92 Å². The second kappa shape index (κ2) is 3.40. The van der Waals surface area contributed by atoms with Crippen molar-refractivity contribution in [1.29, 1.82) is 0 Å². The Kier molecular flexibility index (Phi) is 2.23. The third kappa shape index (κ3) is 1.92. The molecule has 76 valence electrons. The number of hydrogen-bond acceptors (Lipinski definition) is 4. The first kappa shape index (κ1) is 9.18. The quantitative estimate of drug-likeness (QED) is 0.790. The van der Waals surface area contributed by atoms with Gasteiger partial charge in [0.25, 0.3) is 0 Å². The molecule has 2 rings (SSSR count). The van der Waals surface area contributed by atoms with Crippen LogP contribution in [0.2, 0.25) is 0 Å². The Hall–Kier alpha value is -1.39. The minimum Gasteiger partial charge on any atom is -0.481 e. The molecule has 1 saturated carbocycles. The maximum absolute atomic E-state index is 10.4. The molecule has 1 heterocycles. The zero-order chi connectivity index (χ0) is 10.1.